The summed E-state index contributed by atoms with van der Waals surface area (Å²) in [4.78, 5) is 8.80. The first-order valence-electron chi connectivity index (χ1n) is 2.73. The molecule has 0 saturated carbocycles. The van der Waals surface area contributed by atoms with Gasteiger partial charge in [0.25, 0.3) is 0 Å². The maximum Gasteiger partial charge on any atom is 2.00 e. The van der Waals surface area contributed by atoms with E-state index in [-0.39, 0.29) is 52.4 Å². The van der Waals surface area contributed by atoms with Crippen molar-refractivity contribution in [3.05, 3.63) is 6.92 Å². The van der Waals surface area contributed by atoms with Crippen LogP contribution in [0, 0.1) is 12.3 Å². The van der Waals surface area contributed by atoms with Gasteiger partial charge in [-0.05, 0) is 0 Å². The molecule has 0 rings (SSSR count). The quantitative estimate of drug-likeness (QED) is 0.446. The molecular weight excluding hydrogens is 267 g/mol. The van der Waals surface area contributed by atoms with Crippen LogP contribution >= 0.6 is 24.0 Å². The third kappa shape index (κ3) is 205. The van der Waals surface area contributed by atoms with E-state index in [0.717, 1.165) is 0 Å². The van der Waals surface area contributed by atoms with Crippen LogP contribution in [0.5, 0.6) is 0 Å². The number of halogens is 1. The summed E-state index contributed by atoms with van der Waals surface area (Å²) in [6.07, 6.45) is 1.24. The van der Waals surface area contributed by atoms with E-state index in [1.54, 1.807) is 0 Å². The number of aliphatic hydroxyl groups is 1. The van der Waals surface area contributed by atoms with Gasteiger partial charge in [-0.15, -0.1) is 24.0 Å². The Kier molecular flexibility index (Phi) is 28.3. The Morgan fingerprint density at radius 1 is 1.45 bits per heavy atom. The third-order valence-electron chi connectivity index (χ3n) is 0.0645. The van der Waals surface area contributed by atoms with Gasteiger partial charge in [-0.1, -0.05) is 27.4 Å². The minimum Gasteiger partial charge on any atom is -0.540 e. The van der Waals surface area contributed by atoms with Crippen molar-refractivity contribution in [3.8, 4) is 0 Å². The first-order valence-corrected chi connectivity index (χ1v) is 2.73. The van der Waals surface area contributed by atoms with E-state index in [1.165, 1.54) is 6.29 Å². The molecule has 0 aromatic rings. The molecule has 0 aliphatic carbocycles. The number of hydrogen-bond acceptors (Lipinski definition) is 2. The normalized spacial score (nSPS) is 7.73. The fraction of sp³-hybridized carbons (Fsp3) is 0.714. The summed E-state index contributed by atoms with van der Waals surface area (Å²) in [7, 11) is 0. The smallest absolute Gasteiger partial charge is 0.540 e. The van der Waals surface area contributed by atoms with Gasteiger partial charge in [0.05, 0.1) is 0 Å². The van der Waals surface area contributed by atoms with Crippen molar-refractivity contribution in [2.75, 3.05) is 6.61 Å². The molecule has 0 amide bonds. The molecule has 0 atom stereocenters. The summed E-state index contributed by atoms with van der Waals surface area (Å²) >= 11 is 0. The number of rotatable bonds is 1. The SMILES string of the molecule is I.O=[C-]CO.[CH2-]C(C)(C)C.[Mg+2]. The van der Waals surface area contributed by atoms with Crippen molar-refractivity contribution >= 4 is 53.3 Å². The molecule has 0 heterocycles. The van der Waals surface area contributed by atoms with Crippen LogP contribution < -0.4 is 0 Å². The Hall–Kier alpha value is 1.13. The molecule has 0 fully saturated rings. The zero-order valence-corrected chi connectivity index (χ0v) is 11.1. The molecule has 64 valence electrons. The summed E-state index contributed by atoms with van der Waals surface area (Å²) in [6, 6.07) is 0. The van der Waals surface area contributed by atoms with Gasteiger partial charge in [0, 0.05) is 0 Å². The third-order valence-corrected chi connectivity index (χ3v) is 0.0645. The summed E-state index contributed by atoms with van der Waals surface area (Å²) in [5.74, 6) is 0. The monoisotopic (exact) mass is 282 g/mol. The van der Waals surface area contributed by atoms with Crippen molar-refractivity contribution in [1.82, 2.24) is 0 Å². The predicted octanol–water partition coefficient (Wildman–Crippen LogP) is 1.19. The largest absolute Gasteiger partial charge is 2.00 e. The van der Waals surface area contributed by atoms with E-state index >= 15 is 0 Å². The average molecular weight is 282 g/mol. The maximum absolute atomic E-state index is 8.80. The van der Waals surface area contributed by atoms with Gasteiger partial charge in [-0.2, -0.15) is 5.41 Å². The maximum atomic E-state index is 8.80. The van der Waals surface area contributed by atoms with Crippen LogP contribution in [0.2, 0.25) is 0 Å². The van der Waals surface area contributed by atoms with Gasteiger partial charge in [-0.25, -0.2) is 6.29 Å². The van der Waals surface area contributed by atoms with E-state index in [9.17, 15) is 0 Å². The van der Waals surface area contributed by atoms with Crippen LogP contribution in [-0.2, 0) is 4.79 Å². The molecule has 0 radical (unpaired) electrons. The van der Waals surface area contributed by atoms with Gasteiger partial charge in [0.1, 0.15) is 0 Å². The Morgan fingerprint density at radius 2 is 1.55 bits per heavy atom. The van der Waals surface area contributed by atoms with Crippen molar-refractivity contribution < 1.29 is 9.90 Å². The first kappa shape index (κ1) is 22.7. The predicted molar refractivity (Wildman–Crippen MR) is 58.8 cm³/mol. The molecule has 0 aliphatic rings. The summed E-state index contributed by atoms with van der Waals surface area (Å²) in [5, 5.41) is 7.45. The Bertz CT molecular complexity index is 65.3. The number of hydrogen-bond donors (Lipinski definition) is 1. The first-order chi connectivity index (χ1) is 3.91. The van der Waals surface area contributed by atoms with Gasteiger partial charge < -0.3 is 16.8 Å². The topological polar surface area (TPSA) is 37.3 Å². The molecule has 2 nitrogen and oxygen atoms in total. The Labute approximate surface area is 102 Å². The minimum absolute atomic E-state index is 0. The standard InChI is InChI=1S/C5H11.C2H3O2.HI.Mg/c1-5(2,3)4;3-1-2-4;;/h1H2,2-4H3;3H,1H2;1H;/q2*-1;;+2. The molecule has 4 heteroatoms. The van der Waals surface area contributed by atoms with Gasteiger partial charge in [0.2, 0.25) is 0 Å². The van der Waals surface area contributed by atoms with Crippen LogP contribution in [-0.4, -0.2) is 41.1 Å². The second kappa shape index (κ2) is 13.7. The van der Waals surface area contributed by atoms with Crippen molar-refractivity contribution in [2.45, 2.75) is 20.8 Å². The van der Waals surface area contributed by atoms with E-state index in [2.05, 4.69) is 27.7 Å². The number of carbonyl (C=O) groups excluding carboxylic acids is 1. The molecule has 0 aliphatic heterocycles. The Morgan fingerprint density at radius 3 is 1.55 bits per heavy atom. The van der Waals surface area contributed by atoms with Crippen molar-refractivity contribution in [3.63, 3.8) is 0 Å². The fourth-order valence-corrected chi connectivity index (χ4v) is 0. The van der Waals surface area contributed by atoms with Crippen molar-refractivity contribution in [2.24, 2.45) is 5.41 Å². The molecular formula is C7H15IMgO2. The summed E-state index contributed by atoms with van der Waals surface area (Å²) < 4.78 is 0. The van der Waals surface area contributed by atoms with Crippen LogP contribution in [0.4, 0.5) is 0 Å². The van der Waals surface area contributed by atoms with Crippen LogP contribution in [0.1, 0.15) is 20.8 Å². The second-order valence-corrected chi connectivity index (χ2v) is 2.86. The number of aliphatic hydroxyl groups excluding tert-OH is 1. The molecule has 1 N–H and O–H groups in total. The Balaban J connectivity index is -0.0000000383. The van der Waals surface area contributed by atoms with Crippen LogP contribution in [0.3, 0.4) is 0 Å². The van der Waals surface area contributed by atoms with Gasteiger partial charge in [-0.3, -0.25) is 0 Å². The molecule has 0 aromatic carbocycles. The fourth-order valence-electron chi connectivity index (χ4n) is 0. The minimum atomic E-state index is -0.486. The van der Waals surface area contributed by atoms with E-state index < -0.39 is 6.61 Å². The molecule has 0 saturated heterocycles. The average Bonchev–Trinajstić information content (AvgIpc) is 1.61. The molecule has 0 spiro atoms. The molecule has 11 heavy (non-hydrogen) atoms. The molecule has 0 bridgehead atoms. The van der Waals surface area contributed by atoms with Crippen LogP contribution in [0.15, 0.2) is 0 Å². The van der Waals surface area contributed by atoms with E-state index in [1.807, 2.05) is 0 Å². The van der Waals surface area contributed by atoms with Gasteiger partial charge in [0.15, 0.2) is 0 Å². The van der Waals surface area contributed by atoms with Gasteiger partial charge >= 0.3 is 23.1 Å². The second-order valence-electron chi connectivity index (χ2n) is 2.86. The molecule has 0 unspecified atom stereocenters. The molecule has 0 aromatic heterocycles. The zero-order chi connectivity index (χ0) is 7.91. The zero-order valence-electron chi connectivity index (χ0n) is 7.39. The summed E-state index contributed by atoms with van der Waals surface area (Å²) in [6.45, 7) is 9.51. The summed E-state index contributed by atoms with van der Waals surface area (Å²) in [5.41, 5.74) is 0.250. The van der Waals surface area contributed by atoms with Crippen LogP contribution in [0.25, 0.3) is 0 Å². The van der Waals surface area contributed by atoms with E-state index in [0.29, 0.717) is 0 Å². The van der Waals surface area contributed by atoms with Crippen molar-refractivity contribution in [1.29, 1.82) is 0 Å². The van der Waals surface area contributed by atoms with E-state index in [4.69, 9.17) is 9.90 Å².